The molecule has 1 aromatic heterocycles. The summed E-state index contributed by atoms with van der Waals surface area (Å²) in [5.74, 6) is 0.769. The van der Waals surface area contributed by atoms with Crippen LogP contribution in [0.2, 0.25) is 0 Å². The average molecular weight is 323 g/mol. The van der Waals surface area contributed by atoms with E-state index in [0.29, 0.717) is 24.5 Å². The van der Waals surface area contributed by atoms with E-state index in [1.165, 1.54) is 0 Å². The number of anilines is 1. The molecule has 1 N–H and O–H groups in total. The first-order valence-electron chi connectivity index (χ1n) is 8.22. The third-order valence-corrected chi connectivity index (χ3v) is 3.30. The Kier molecular flexibility index (Phi) is 7.26. The van der Waals surface area contributed by atoms with Gasteiger partial charge in [-0.1, -0.05) is 45.7 Å². The van der Waals surface area contributed by atoms with Gasteiger partial charge < -0.3 is 14.7 Å². The number of carbonyl (C=O) groups is 2. The summed E-state index contributed by atoms with van der Waals surface area (Å²) in [6, 6.07) is 1.65. The van der Waals surface area contributed by atoms with Crippen molar-refractivity contribution in [3.63, 3.8) is 0 Å². The van der Waals surface area contributed by atoms with Gasteiger partial charge in [0.05, 0.1) is 6.54 Å². The van der Waals surface area contributed by atoms with E-state index in [-0.39, 0.29) is 23.8 Å². The molecule has 0 aromatic carbocycles. The second kappa shape index (κ2) is 8.70. The Morgan fingerprint density at radius 1 is 1.30 bits per heavy atom. The van der Waals surface area contributed by atoms with Crippen molar-refractivity contribution in [2.75, 3.05) is 18.4 Å². The molecule has 130 valence electrons. The number of nitrogens with one attached hydrogen (secondary N) is 1. The lowest BCUT2D eigenvalue weighted by Crippen LogP contribution is -2.40. The Morgan fingerprint density at radius 2 is 2.00 bits per heavy atom. The molecule has 0 spiro atoms. The quantitative estimate of drug-likeness (QED) is 0.744. The molecular weight excluding hydrogens is 294 g/mol. The summed E-state index contributed by atoms with van der Waals surface area (Å²) >= 11 is 0. The molecule has 0 saturated heterocycles. The van der Waals surface area contributed by atoms with Crippen molar-refractivity contribution >= 4 is 17.6 Å². The lowest BCUT2D eigenvalue weighted by Gasteiger charge is -2.26. The van der Waals surface area contributed by atoms with Crippen molar-refractivity contribution in [2.45, 2.75) is 60.3 Å². The number of nitrogens with zero attached hydrogens (tertiary/aromatic N) is 2. The number of aromatic nitrogens is 1. The van der Waals surface area contributed by atoms with Gasteiger partial charge >= 0.3 is 0 Å². The van der Waals surface area contributed by atoms with E-state index in [4.69, 9.17) is 4.52 Å². The maximum Gasteiger partial charge on any atom is 0.245 e. The molecule has 0 saturated carbocycles. The number of unbranched alkanes of at least 4 members (excludes halogenated alkanes) is 2. The van der Waals surface area contributed by atoms with E-state index in [2.05, 4.69) is 17.4 Å². The summed E-state index contributed by atoms with van der Waals surface area (Å²) in [4.78, 5) is 26.2. The van der Waals surface area contributed by atoms with E-state index in [1.54, 1.807) is 17.9 Å². The van der Waals surface area contributed by atoms with Crippen LogP contribution in [-0.4, -0.2) is 35.0 Å². The van der Waals surface area contributed by atoms with Crippen molar-refractivity contribution in [1.29, 1.82) is 0 Å². The molecule has 2 amide bonds. The van der Waals surface area contributed by atoms with Gasteiger partial charge in [-0.05, 0) is 18.8 Å². The van der Waals surface area contributed by atoms with E-state index >= 15 is 0 Å². The number of amides is 2. The fourth-order valence-electron chi connectivity index (χ4n) is 2.19. The molecule has 0 bridgehead atoms. The third kappa shape index (κ3) is 7.81. The first-order chi connectivity index (χ1) is 10.7. The van der Waals surface area contributed by atoms with Crippen LogP contribution < -0.4 is 5.32 Å². The van der Waals surface area contributed by atoms with E-state index < -0.39 is 0 Å². The second-order valence-electron chi connectivity index (χ2n) is 7.13. The molecule has 0 atom stereocenters. The first-order valence-corrected chi connectivity index (χ1v) is 8.22. The molecule has 0 aliphatic rings. The van der Waals surface area contributed by atoms with Crippen LogP contribution in [0.5, 0.6) is 0 Å². The standard InChI is InChI=1S/C17H29N3O3/c1-6-7-8-9-20(16(22)11-17(3,4)5)12-15(21)18-14-10-13(2)23-19-14/h10H,6-9,11-12H2,1-5H3,(H,18,19,21). The van der Waals surface area contributed by atoms with Crippen molar-refractivity contribution in [1.82, 2.24) is 10.1 Å². The highest BCUT2D eigenvalue weighted by Gasteiger charge is 2.23. The molecule has 1 rings (SSSR count). The van der Waals surface area contributed by atoms with Gasteiger partial charge in [-0.3, -0.25) is 9.59 Å². The largest absolute Gasteiger partial charge is 0.360 e. The Hall–Kier alpha value is -1.85. The van der Waals surface area contributed by atoms with Crippen molar-refractivity contribution in [3.05, 3.63) is 11.8 Å². The van der Waals surface area contributed by atoms with Gasteiger partial charge in [-0.25, -0.2) is 0 Å². The van der Waals surface area contributed by atoms with E-state index in [0.717, 1.165) is 19.3 Å². The van der Waals surface area contributed by atoms with Gasteiger partial charge in [0.15, 0.2) is 5.82 Å². The number of hydrogen-bond donors (Lipinski definition) is 1. The predicted molar refractivity (Wildman–Crippen MR) is 90.0 cm³/mol. The summed E-state index contributed by atoms with van der Waals surface area (Å²) in [6.07, 6.45) is 3.45. The summed E-state index contributed by atoms with van der Waals surface area (Å²) in [5.41, 5.74) is -0.0974. The zero-order valence-electron chi connectivity index (χ0n) is 14.9. The molecule has 0 unspecified atom stereocenters. The molecule has 0 aliphatic carbocycles. The van der Waals surface area contributed by atoms with Gasteiger partial charge in [-0.15, -0.1) is 0 Å². The zero-order chi connectivity index (χ0) is 17.5. The van der Waals surface area contributed by atoms with Crippen molar-refractivity contribution < 1.29 is 14.1 Å². The van der Waals surface area contributed by atoms with Crippen LogP contribution in [0.25, 0.3) is 0 Å². The topological polar surface area (TPSA) is 75.4 Å². The molecule has 23 heavy (non-hydrogen) atoms. The molecular formula is C17H29N3O3. The van der Waals surface area contributed by atoms with Gasteiger partial charge in [0.25, 0.3) is 0 Å². The fourth-order valence-corrected chi connectivity index (χ4v) is 2.19. The summed E-state index contributed by atoms with van der Waals surface area (Å²) in [7, 11) is 0. The predicted octanol–water partition coefficient (Wildman–Crippen LogP) is 3.38. The lowest BCUT2D eigenvalue weighted by atomic mass is 9.91. The van der Waals surface area contributed by atoms with Gasteiger partial charge in [0, 0.05) is 19.0 Å². The molecule has 0 radical (unpaired) electrons. The maximum atomic E-state index is 12.5. The maximum absolute atomic E-state index is 12.5. The van der Waals surface area contributed by atoms with Crippen LogP contribution in [0.3, 0.4) is 0 Å². The summed E-state index contributed by atoms with van der Waals surface area (Å²) in [5, 5.41) is 6.40. The molecule has 1 aromatic rings. The SMILES string of the molecule is CCCCCN(CC(=O)Nc1cc(C)on1)C(=O)CC(C)(C)C. The highest BCUT2D eigenvalue weighted by molar-refractivity contribution is 5.93. The van der Waals surface area contributed by atoms with Gasteiger partial charge in [-0.2, -0.15) is 0 Å². The molecule has 6 heteroatoms. The Bertz CT molecular complexity index is 517. The molecule has 6 nitrogen and oxygen atoms in total. The van der Waals surface area contributed by atoms with Crippen LogP contribution in [0, 0.1) is 12.3 Å². The number of carbonyl (C=O) groups excluding carboxylic acids is 2. The number of hydrogen-bond acceptors (Lipinski definition) is 4. The Balaban J connectivity index is 2.63. The van der Waals surface area contributed by atoms with Crippen LogP contribution in [0.4, 0.5) is 5.82 Å². The first kappa shape index (κ1) is 19.2. The minimum atomic E-state index is -0.253. The van der Waals surface area contributed by atoms with Crippen molar-refractivity contribution in [2.24, 2.45) is 5.41 Å². The highest BCUT2D eigenvalue weighted by Crippen LogP contribution is 2.20. The van der Waals surface area contributed by atoms with Crippen LogP contribution in [0.1, 0.15) is 59.1 Å². The third-order valence-electron chi connectivity index (χ3n) is 3.30. The monoisotopic (exact) mass is 323 g/mol. The van der Waals surface area contributed by atoms with E-state index in [9.17, 15) is 9.59 Å². The Labute approximate surface area is 138 Å². The minimum absolute atomic E-state index is 0.0140. The zero-order valence-corrected chi connectivity index (χ0v) is 14.9. The molecule has 1 heterocycles. The van der Waals surface area contributed by atoms with Crippen molar-refractivity contribution in [3.8, 4) is 0 Å². The number of rotatable bonds is 8. The Morgan fingerprint density at radius 3 is 2.52 bits per heavy atom. The summed E-state index contributed by atoms with van der Waals surface area (Å²) < 4.78 is 4.92. The lowest BCUT2D eigenvalue weighted by molar-refractivity contribution is -0.136. The fraction of sp³-hybridized carbons (Fsp3) is 0.706. The molecule has 0 fully saturated rings. The summed E-state index contributed by atoms with van der Waals surface area (Å²) in [6.45, 7) is 10.6. The minimum Gasteiger partial charge on any atom is -0.360 e. The van der Waals surface area contributed by atoms with Gasteiger partial charge in [0.1, 0.15) is 5.76 Å². The van der Waals surface area contributed by atoms with Gasteiger partial charge in [0.2, 0.25) is 11.8 Å². The van der Waals surface area contributed by atoms with E-state index in [1.807, 2.05) is 20.8 Å². The second-order valence-corrected chi connectivity index (χ2v) is 7.13. The average Bonchev–Trinajstić information content (AvgIpc) is 2.81. The smallest absolute Gasteiger partial charge is 0.245 e. The van der Waals surface area contributed by atoms with Crippen LogP contribution in [-0.2, 0) is 9.59 Å². The van der Waals surface area contributed by atoms with Crippen LogP contribution in [0.15, 0.2) is 10.6 Å². The molecule has 0 aliphatic heterocycles. The number of aryl methyl sites for hydroxylation is 1. The van der Waals surface area contributed by atoms with Crippen LogP contribution >= 0.6 is 0 Å². The normalized spacial score (nSPS) is 11.3. The highest BCUT2D eigenvalue weighted by atomic mass is 16.5.